The Bertz CT molecular complexity index is 2470. The van der Waals surface area contributed by atoms with E-state index in [9.17, 15) is 14.4 Å². The Balaban J connectivity index is 1.11. The van der Waals surface area contributed by atoms with Gasteiger partial charge >= 0.3 is 0 Å². The van der Waals surface area contributed by atoms with Gasteiger partial charge in [-0.1, -0.05) is 102 Å². The fourth-order valence-corrected chi connectivity index (χ4v) is 7.59. The number of halogens is 2. The highest BCUT2D eigenvalue weighted by atomic mass is 35.5. The number of hydrogen-bond donors (Lipinski definition) is 4. The van der Waals surface area contributed by atoms with E-state index in [2.05, 4.69) is 25.9 Å². The number of carbonyl (C=O) groups is 3. The van der Waals surface area contributed by atoms with E-state index in [1.165, 1.54) is 23.1 Å². The Kier molecular flexibility index (Phi) is 11.0. The highest BCUT2D eigenvalue weighted by molar-refractivity contribution is 8.00. The van der Waals surface area contributed by atoms with E-state index >= 15 is 0 Å². The topological polar surface area (TPSA) is 116 Å². The molecule has 5 aromatic carbocycles. The lowest BCUT2D eigenvalue weighted by molar-refractivity contribution is -0.116. The van der Waals surface area contributed by atoms with Gasteiger partial charge in [-0.2, -0.15) is 0 Å². The van der Waals surface area contributed by atoms with E-state index in [4.69, 9.17) is 23.2 Å². The smallest absolute Gasteiger partial charge is 0.272 e. The van der Waals surface area contributed by atoms with Crippen molar-refractivity contribution in [2.45, 2.75) is 10.1 Å². The van der Waals surface area contributed by atoms with Gasteiger partial charge in [0.2, 0.25) is 5.91 Å². The average molecular weight is 775 g/mol. The molecule has 1 unspecified atom stereocenters. The molecule has 12 heteroatoms. The van der Waals surface area contributed by atoms with Crippen LogP contribution in [-0.2, 0) is 9.59 Å². The molecule has 0 spiro atoms. The summed E-state index contributed by atoms with van der Waals surface area (Å²) in [7, 11) is 0. The number of para-hydroxylation sites is 1. The number of thioether (sulfide) groups is 1. The zero-order valence-electron chi connectivity index (χ0n) is 27.7. The van der Waals surface area contributed by atoms with Crippen molar-refractivity contribution in [1.29, 1.82) is 0 Å². The van der Waals surface area contributed by atoms with Gasteiger partial charge in [0, 0.05) is 49.8 Å². The summed E-state index contributed by atoms with van der Waals surface area (Å²) in [5, 5.41) is 12.1. The van der Waals surface area contributed by atoms with Crippen LogP contribution in [0.25, 0.3) is 28.2 Å². The van der Waals surface area contributed by atoms with Crippen LogP contribution in [0.3, 0.4) is 0 Å². The largest absolute Gasteiger partial charge is 0.361 e. The predicted molar refractivity (Wildman–Crippen MR) is 216 cm³/mol. The lowest BCUT2D eigenvalue weighted by atomic mass is 10.1. The number of aromatic amines is 1. The predicted octanol–water partition coefficient (Wildman–Crippen LogP) is 10.5. The second-order valence-corrected chi connectivity index (χ2v) is 14.6. The number of rotatable bonds is 11. The molecule has 2 heterocycles. The number of carbonyl (C=O) groups excluding carboxylic acids is 3. The molecular formula is C41H29Cl2N5O3S2. The quantitative estimate of drug-likeness (QED) is 0.0772. The summed E-state index contributed by atoms with van der Waals surface area (Å²) in [4.78, 5) is 49.5. The molecule has 262 valence electrons. The maximum absolute atomic E-state index is 13.9. The maximum atomic E-state index is 13.9. The lowest BCUT2D eigenvalue weighted by Gasteiger charge is -2.17. The number of fused-ring (bicyclic) bond motifs is 1. The van der Waals surface area contributed by atoms with Crippen molar-refractivity contribution < 1.29 is 14.4 Å². The lowest BCUT2D eigenvalue weighted by Crippen LogP contribution is -2.30. The molecule has 4 N–H and O–H groups in total. The third-order valence-corrected chi connectivity index (χ3v) is 10.8. The zero-order chi connectivity index (χ0) is 36.7. The third-order valence-electron chi connectivity index (χ3n) is 8.09. The number of nitrogens with one attached hydrogen (secondary N) is 4. The first-order valence-corrected chi connectivity index (χ1v) is 18.8. The fraction of sp³-hybridized carbons (Fsp3) is 0.0244. The number of thiazole rings is 1. The van der Waals surface area contributed by atoms with Gasteiger partial charge in [0.25, 0.3) is 11.8 Å². The second kappa shape index (κ2) is 16.4. The van der Waals surface area contributed by atoms with Gasteiger partial charge in [-0.15, -0.1) is 23.1 Å². The monoisotopic (exact) mass is 773 g/mol. The van der Waals surface area contributed by atoms with Crippen LogP contribution in [0.5, 0.6) is 0 Å². The summed E-state index contributed by atoms with van der Waals surface area (Å²) in [6.45, 7) is 0. The summed E-state index contributed by atoms with van der Waals surface area (Å²) in [6, 6.07) is 38.3. The summed E-state index contributed by atoms with van der Waals surface area (Å²) in [5.41, 5.74) is 4.83. The first kappa shape index (κ1) is 35.7. The maximum Gasteiger partial charge on any atom is 0.272 e. The molecule has 0 aliphatic carbocycles. The van der Waals surface area contributed by atoms with Gasteiger partial charge in [-0.25, -0.2) is 4.98 Å². The van der Waals surface area contributed by atoms with Crippen LogP contribution in [0.15, 0.2) is 150 Å². The number of anilines is 2. The van der Waals surface area contributed by atoms with Crippen molar-refractivity contribution in [2.24, 2.45) is 0 Å². The summed E-state index contributed by atoms with van der Waals surface area (Å²) >= 11 is 14.9. The minimum atomic E-state index is -0.651. The van der Waals surface area contributed by atoms with Gasteiger partial charge in [-0.05, 0) is 60.2 Å². The Morgan fingerprint density at radius 3 is 2.34 bits per heavy atom. The number of nitrogens with zero attached hydrogens (tertiary/aromatic N) is 1. The van der Waals surface area contributed by atoms with Crippen LogP contribution in [0.4, 0.5) is 10.8 Å². The van der Waals surface area contributed by atoms with Crippen LogP contribution in [-0.4, -0.2) is 27.7 Å². The Morgan fingerprint density at radius 2 is 1.55 bits per heavy atom. The highest BCUT2D eigenvalue weighted by Gasteiger charge is 2.24. The molecule has 0 fully saturated rings. The Morgan fingerprint density at radius 1 is 0.792 bits per heavy atom. The minimum Gasteiger partial charge on any atom is -0.361 e. The molecule has 0 bridgehead atoms. The number of H-pyrrole nitrogens is 1. The van der Waals surface area contributed by atoms with Gasteiger partial charge in [0.15, 0.2) is 5.13 Å². The van der Waals surface area contributed by atoms with Gasteiger partial charge in [0.05, 0.1) is 15.7 Å². The van der Waals surface area contributed by atoms with Crippen LogP contribution in [0, 0.1) is 0 Å². The van der Waals surface area contributed by atoms with Crippen molar-refractivity contribution in [2.75, 3.05) is 10.6 Å². The molecule has 0 saturated heterocycles. The van der Waals surface area contributed by atoms with Gasteiger partial charge in [0.1, 0.15) is 10.9 Å². The molecule has 2 aromatic heterocycles. The van der Waals surface area contributed by atoms with Crippen LogP contribution < -0.4 is 16.0 Å². The molecule has 1 atom stereocenters. The molecule has 0 aliphatic heterocycles. The van der Waals surface area contributed by atoms with Gasteiger partial charge in [-0.3, -0.25) is 14.4 Å². The molecule has 0 aliphatic rings. The molecule has 0 radical (unpaired) electrons. The Hall–Kier alpha value is -5.65. The third kappa shape index (κ3) is 8.70. The van der Waals surface area contributed by atoms with Crippen molar-refractivity contribution in [3.8, 4) is 11.3 Å². The average Bonchev–Trinajstić information content (AvgIpc) is 3.82. The summed E-state index contributed by atoms with van der Waals surface area (Å²) in [5.74, 6) is -1.20. The molecule has 7 rings (SSSR count). The van der Waals surface area contributed by atoms with Crippen molar-refractivity contribution in [3.63, 3.8) is 0 Å². The minimum absolute atomic E-state index is 0.0619. The zero-order valence-corrected chi connectivity index (χ0v) is 30.8. The van der Waals surface area contributed by atoms with Crippen molar-refractivity contribution in [3.05, 3.63) is 171 Å². The SMILES string of the molecule is O=C(Nc1cccc(SC(C(=O)Nc2nc(-c3ccc(Cl)c(Cl)c3)cs2)c2ccccc2)c1)/C(=C/c1c[nH]c2ccccc12)NC(=O)c1ccccc1. The summed E-state index contributed by atoms with van der Waals surface area (Å²) < 4.78 is 0. The van der Waals surface area contributed by atoms with E-state index in [-0.39, 0.29) is 11.6 Å². The number of benzene rings is 5. The van der Waals surface area contributed by atoms with Crippen LogP contribution in [0.1, 0.15) is 26.7 Å². The van der Waals surface area contributed by atoms with Crippen LogP contribution >= 0.6 is 46.3 Å². The van der Waals surface area contributed by atoms with Crippen molar-refractivity contribution in [1.82, 2.24) is 15.3 Å². The molecule has 53 heavy (non-hydrogen) atoms. The fourth-order valence-electron chi connectivity index (χ4n) is 5.48. The molecular weight excluding hydrogens is 746 g/mol. The van der Waals surface area contributed by atoms with E-state index in [1.54, 1.807) is 66.9 Å². The highest BCUT2D eigenvalue weighted by Crippen LogP contribution is 2.38. The molecule has 3 amide bonds. The first-order valence-electron chi connectivity index (χ1n) is 16.3. The van der Waals surface area contributed by atoms with Crippen LogP contribution in [0.2, 0.25) is 10.0 Å². The first-order chi connectivity index (χ1) is 25.8. The number of aromatic nitrogens is 2. The van der Waals surface area contributed by atoms with E-state index < -0.39 is 17.1 Å². The Labute approximate surface area is 323 Å². The van der Waals surface area contributed by atoms with E-state index in [0.717, 1.165) is 32.5 Å². The second-order valence-electron chi connectivity index (χ2n) is 11.7. The van der Waals surface area contributed by atoms with Crippen molar-refractivity contribution >= 4 is 91.8 Å². The van der Waals surface area contributed by atoms with Gasteiger partial charge < -0.3 is 20.9 Å². The number of hydrogen-bond acceptors (Lipinski definition) is 6. The molecule has 7 aromatic rings. The van der Waals surface area contributed by atoms with E-state index in [0.29, 0.717) is 32.1 Å². The number of amides is 3. The van der Waals surface area contributed by atoms with E-state index in [1.807, 2.05) is 78.2 Å². The summed E-state index contributed by atoms with van der Waals surface area (Å²) in [6.07, 6.45) is 3.44. The molecule has 0 saturated carbocycles. The standard InChI is InChI=1S/C41H29Cl2N5O3S2/c42-32-19-18-27(20-33(32)43)36-24-52-41(47-36)48-40(51)37(25-10-3-1-4-11-25)53-30-15-9-14-29(22-30)45-39(50)35(46-38(49)26-12-5-2-6-13-26)21-28-23-44-34-17-8-7-16-31(28)34/h1-24,37,44H,(H,45,50)(H,46,49)(H,47,48,51)/b35-21-. The normalized spacial score (nSPS) is 11.9. The molecule has 8 nitrogen and oxygen atoms in total.